The summed E-state index contributed by atoms with van der Waals surface area (Å²) >= 11 is 9.55. The van der Waals surface area contributed by atoms with Crippen molar-refractivity contribution in [1.29, 1.82) is 0 Å². The first-order valence-corrected chi connectivity index (χ1v) is 12.5. The van der Waals surface area contributed by atoms with Crippen molar-refractivity contribution in [2.24, 2.45) is 0 Å². The highest BCUT2D eigenvalue weighted by Crippen LogP contribution is 2.27. The monoisotopic (exact) mass is 476 g/mol. The van der Waals surface area contributed by atoms with E-state index in [0.29, 0.717) is 10.8 Å². The molecule has 4 rings (SSSR count). The molecule has 1 aliphatic heterocycles. The standard InChI is InChI=1S/C21H25ClN6OS2/c1-15-12-16(2)24-20(23-15)31-14-19-25-26-21(28(19)18-5-3-4-17(22)13-18)30-11-8-27-6-9-29-10-7-27/h3-5,12-13H,6-11,14H2,1-2H3. The van der Waals surface area contributed by atoms with Gasteiger partial charge in [0.1, 0.15) is 5.82 Å². The fourth-order valence-electron chi connectivity index (χ4n) is 3.34. The van der Waals surface area contributed by atoms with Gasteiger partial charge in [0, 0.05) is 41.8 Å². The Hall–Kier alpha value is -1.65. The lowest BCUT2D eigenvalue weighted by atomic mass is 10.3. The van der Waals surface area contributed by atoms with Crippen LogP contribution >= 0.6 is 35.1 Å². The molecule has 0 radical (unpaired) electrons. The van der Waals surface area contributed by atoms with E-state index in [2.05, 4.69) is 29.6 Å². The normalized spacial score (nSPS) is 14.8. The third-order valence-electron chi connectivity index (χ3n) is 4.80. The zero-order valence-corrected chi connectivity index (χ0v) is 20.0. The summed E-state index contributed by atoms with van der Waals surface area (Å²) in [6, 6.07) is 9.77. The largest absolute Gasteiger partial charge is 0.379 e. The molecule has 0 aliphatic carbocycles. The van der Waals surface area contributed by atoms with Gasteiger partial charge < -0.3 is 4.74 Å². The van der Waals surface area contributed by atoms with Gasteiger partial charge in [-0.1, -0.05) is 41.2 Å². The van der Waals surface area contributed by atoms with Crippen LogP contribution in [0.25, 0.3) is 5.69 Å². The number of aryl methyl sites for hydroxylation is 2. The van der Waals surface area contributed by atoms with Crippen molar-refractivity contribution in [1.82, 2.24) is 29.6 Å². The van der Waals surface area contributed by atoms with E-state index in [-0.39, 0.29) is 0 Å². The zero-order valence-electron chi connectivity index (χ0n) is 17.6. The van der Waals surface area contributed by atoms with Crippen LogP contribution in [0.5, 0.6) is 0 Å². The molecule has 0 spiro atoms. The van der Waals surface area contributed by atoms with E-state index in [1.807, 2.05) is 44.2 Å². The summed E-state index contributed by atoms with van der Waals surface area (Å²) < 4.78 is 7.52. The molecule has 3 aromatic rings. The van der Waals surface area contributed by atoms with Crippen LogP contribution in [0, 0.1) is 13.8 Å². The van der Waals surface area contributed by atoms with Crippen molar-refractivity contribution >= 4 is 35.1 Å². The van der Waals surface area contributed by atoms with Crippen molar-refractivity contribution in [3.8, 4) is 5.69 Å². The molecule has 164 valence electrons. The van der Waals surface area contributed by atoms with Crippen LogP contribution in [-0.4, -0.2) is 68.2 Å². The molecule has 31 heavy (non-hydrogen) atoms. The zero-order chi connectivity index (χ0) is 21.6. The van der Waals surface area contributed by atoms with Crippen molar-refractivity contribution in [2.75, 3.05) is 38.6 Å². The quantitative estimate of drug-likeness (QED) is 0.356. The van der Waals surface area contributed by atoms with Gasteiger partial charge in [-0.15, -0.1) is 10.2 Å². The highest BCUT2D eigenvalue weighted by Gasteiger charge is 2.17. The summed E-state index contributed by atoms with van der Waals surface area (Å²) in [5.74, 6) is 2.40. The number of hydrogen-bond donors (Lipinski definition) is 0. The van der Waals surface area contributed by atoms with Crippen LogP contribution in [0.15, 0.2) is 40.6 Å². The van der Waals surface area contributed by atoms with E-state index in [0.717, 1.165) is 71.8 Å². The number of nitrogens with zero attached hydrogens (tertiary/aromatic N) is 6. The molecule has 3 heterocycles. The Balaban J connectivity index is 1.51. The maximum Gasteiger partial charge on any atom is 0.195 e. The van der Waals surface area contributed by atoms with Gasteiger partial charge in [-0.3, -0.25) is 9.47 Å². The van der Waals surface area contributed by atoms with Gasteiger partial charge >= 0.3 is 0 Å². The molecule has 0 amide bonds. The third kappa shape index (κ3) is 6.20. The Morgan fingerprint density at radius 2 is 1.81 bits per heavy atom. The van der Waals surface area contributed by atoms with Crippen LogP contribution in [0.1, 0.15) is 17.2 Å². The molecule has 0 saturated carbocycles. The number of hydrogen-bond acceptors (Lipinski definition) is 8. The summed E-state index contributed by atoms with van der Waals surface area (Å²) in [5, 5.41) is 11.3. The number of halogens is 1. The lowest BCUT2D eigenvalue weighted by Crippen LogP contribution is -2.37. The summed E-state index contributed by atoms with van der Waals surface area (Å²) in [7, 11) is 0. The number of thioether (sulfide) groups is 2. The molecule has 7 nitrogen and oxygen atoms in total. The van der Waals surface area contributed by atoms with Crippen LogP contribution in [0.3, 0.4) is 0 Å². The van der Waals surface area contributed by atoms with Crippen molar-refractivity contribution in [3.05, 3.63) is 52.6 Å². The van der Waals surface area contributed by atoms with E-state index in [4.69, 9.17) is 16.3 Å². The van der Waals surface area contributed by atoms with Gasteiger partial charge in [-0.05, 0) is 38.1 Å². The molecule has 1 aromatic carbocycles. The van der Waals surface area contributed by atoms with Gasteiger partial charge in [0.25, 0.3) is 0 Å². The second-order valence-corrected chi connectivity index (χ2v) is 9.68. The minimum atomic E-state index is 0.617. The first kappa shape index (κ1) is 22.5. The van der Waals surface area contributed by atoms with E-state index in [1.54, 1.807) is 23.5 Å². The number of aromatic nitrogens is 5. The molecular weight excluding hydrogens is 452 g/mol. The first-order valence-electron chi connectivity index (χ1n) is 10.2. The van der Waals surface area contributed by atoms with Gasteiger partial charge in [0.15, 0.2) is 10.3 Å². The summed E-state index contributed by atoms with van der Waals surface area (Å²) in [4.78, 5) is 11.5. The van der Waals surface area contributed by atoms with Crippen LogP contribution < -0.4 is 0 Å². The molecule has 1 fully saturated rings. The molecule has 0 bridgehead atoms. The summed E-state index contributed by atoms with van der Waals surface area (Å²) in [6.07, 6.45) is 0. The average Bonchev–Trinajstić information content (AvgIpc) is 3.15. The minimum absolute atomic E-state index is 0.617. The van der Waals surface area contributed by atoms with Gasteiger partial charge in [0.05, 0.1) is 24.7 Å². The number of rotatable bonds is 8. The average molecular weight is 477 g/mol. The lowest BCUT2D eigenvalue weighted by Gasteiger charge is -2.26. The Labute approximate surface area is 196 Å². The third-order valence-corrected chi connectivity index (χ3v) is 6.79. The molecule has 2 aromatic heterocycles. The number of morpholine rings is 1. The predicted octanol–water partition coefficient (Wildman–Crippen LogP) is 4.04. The summed E-state index contributed by atoms with van der Waals surface area (Å²) in [6.45, 7) is 8.55. The molecule has 1 aliphatic rings. The number of benzene rings is 1. The second-order valence-electron chi connectivity index (χ2n) is 7.24. The lowest BCUT2D eigenvalue weighted by molar-refractivity contribution is 0.0410. The number of ether oxygens (including phenoxy) is 1. The smallest absolute Gasteiger partial charge is 0.195 e. The van der Waals surface area contributed by atoms with Gasteiger partial charge in [-0.2, -0.15) is 0 Å². The molecule has 10 heteroatoms. The maximum absolute atomic E-state index is 6.28. The highest BCUT2D eigenvalue weighted by molar-refractivity contribution is 7.99. The Bertz CT molecular complexity index is 1000. The van der Waals surface area contributed by atoms with Crippen molar-refractivity contribution < 1.29 is 4.74 Å². The first-order chi connectivity index (χ1) is 15.1. The Morgan fingerprint density at radius 1 is 1.03 bits per heavy atom. The van der Waals surface area contributed by atoms with Crippen LogP contribution in [0.2, 0.25) is 5.02 Å². The fraction of sp³-hybridized carbons (Fsp3) is 0.429. The molecule has 0 unspecified atom stereocenters. The molecule has 1 saturated heterocycles. The second kappa shape index (κ2) is 10.8. The van der Waals surface area contributed by atoms with E-state index in [1.165, 1.54) is 0 Å². The molecule has 0 atom stereocenters. The summed E-state index contributed by atoms with van der Waals surface area (Å²) in [5.41, 5.74) is 2.89. The predicted molar refractivity (Wildman–Crippen MR) is 125 cm³/mol. The topological polar surface area (TPSA) is 69.0 Å². The fourth-order valence-corrected chi connectivity index (χ4v) is 5.36. The van der Waals surface area contributed by atoms with Gasteiger partial charge in [-0.25, -0.2) is 9.97 Å². The van der Waals surface area contributed by atoms with E-state index in [9.17, 15) is 0 Å². The minimum Gasteiger partial charge on any atom is -0.379 e. The SMILES string of the molecule is Cc1cc(C)nc(SCc2nnc(SCCN3CCOCC3)n2-c2cccc(Cl)c2)n1. The van der Waals surface area contributed by atoms with Crippen molar-refractivity contribution in [2.45, 2.75) is 29.9 Å². The van der Waals surface area contributed by atoms with Gasteiger partial charge in [0.2, 0.25) is 0 Å². The Morgan fingerprint density at radius 3 is 2.55 bits per heavy atom. The molecular formula is C21H25ClN6OS2. The molecule has 0 N–H and O–H groups in total. The van der Waals surface area contributed by atoms with E-state index < -0.39 is 0 Å². The van der Waals surface area contributed by atoms with E-state index >= 15 is 0 Å². The highest BCUT2D eigenvalue weighted by atomic mass is 35.5. The van der Waals surface area contributed by atoms with Crippen LogP contribution in [-0.2, 0) is 10.5 Å². The Kier molecular flexibility index (Phi) is 7.84. The van der Waals surface area contributed by atoms with Crippen LogP contribution in [0.4, 0.5) is 0 Å². The maximum atomic E-state index is 6.28. The van der Waals surface area contributed by atoms with Crippen molar-refractivity contribution in [3.63, 3.8) is 0 Å².